The van der Waals surface area contributed by atoms with E-state index in [9.17, 15) is 8.42 Å². The highest BCUT2D eigenvalue weighted by molar-refractivity contribution is 7.91. The highest BCUT2D eigenvalue weighted by Crippen LogP contribution is 2.21. The molecule has 5 heteroatoms. The summed E-state index contributed by atoms with van der Waals surface area (Å²) in [7, 11) is -2.81. The van der Waals surface area contributed by atoms with Crippen molar-refractivity contribution in [2.75, 3.05) is 31.1 Å². The summed E-state index contributed by atoms with van der Waals surface area (Å²) >= 11 is 0. The molecule has 2 aliphatic rings. The van der Waals surface area contributed by atoms with Gasteiger partial charge in [0.25, 0.3) is 0 Å². The molecule has 0 atom stereocenters. The van der Waals surface area contributed by atoms with E-state index in [4.69, 9.17) is 0 Å². The minimum absolute atomic E-state index is 0.309. The first-order chi connectivity index (χ1) is 9.64. The summed E-state index contributed by atoms with van der Waals surface area (Å²) in [5, 5.41) is 3.40. The van der Waals surface area contributed by atoms with Crippen LogP contribution in [0, 0.1) is 0 Å². The second-order valence-corrected chi connectivity index (χ2v) is 8.07. The molecular formula is C15H22N2O2S. The summed E-state index contributed by atoms with van der Waals surface area (Å²) in [6.45, 7) is 4.44. The van der Waals surface area contributed by atoms with Crippen LogP contribution in [0.4, 0.5) is 0 Å². The van der Waals surface area contributed by atoms with E-state index in [-0.39, 0.29) is 0 Å². The molecule has 4 nitrogen and oxygen atoms in total. The van der Waals surface area contributed by atoms with Gasteiger partial charge in [-0.1, -0.05) is 18.2 Å². The van der Waals surface area contributed by atoms with Gasteiger partial charge >= 0.3 is 0 Å². The molecule has 1 N–H and O–H groups in total. The predicted octanol–water partition coefficient (Wildman–Crippen LogP) is 0.953. The lowest BCUT2D eigenvalue weighted by Gasteiger charge is -2.25. The van der Waals surface area contributed by atoms with E-state index in [2.05, 4.69) is 28.4 Å². The average molecular weight is 294 g/mol. The largest absolute Gasteiger partial charge is 0.312 e. The fourth-order valence-corrected chi connectivity index (χ4v) is 4.46. The van der Waals surface area contributed by atoms with Crippen molar-refractivity contribution in [2.24, 2.45) is 0 Å². The lowest BCUT2D eigenvalue weighted by Crippen LogP contribution is -2.29. The predicted molar refractivity (Wildman–Crippen MR) is 80.4 cm³/mol. The normalized spacial score (nSPS) is 23.0. The molecule has 0 bridgehead atoms. The zero-order chi connectivity index (χ0) is 14.0. The molecule has 0 radical (unpaired) electrons. The molecule has 0 spiro atoms. The maximum absolute atomic E-state index is 11.7. The van der Waals surface area contributed by atoms with Gasteiger partial charge in [-0.3, -0.25) is 4.90 Å². The minimum atomic E-state index is -2.81. The summed E-state index contributed by atoms with van der Waals surface area (Å²) in [5.74, 6) is 0.657. The average Bonchev–Trinajstić information content (AvgIpc) is 2.61. The number of fused-ring (bicyclic) bond motifs is 1. The zero-order valence-corrected chi connectivity index (χ0v) is 12.6. The van der Waals surface area contributed by atoms with Crippen LogP contribution in [0.25, 0.3) is 0 Å². The number of sulfone groups is 1. The molecular weight excluding hydrogens is 272 g/mol. The summed E-state index contributed by atoms with van der Waals surface area (Å²) in [6, 6.07) is 6.51. The Hall–Kier alpha value is -0.910. The fraction of sp³-hybridized carbons (Fsp3) is 0.600. The van der Waals surface area contributed by atoms with Gasteiger partial charge in [0.05, 0.1) is 11.5 Å². The van der Waals surface area contributed by atoms with Crippen LogP contribution in [0.2, 0.25) is 0 Å². The lowest BCUT2D eigenvalue weighted by molar-refractivity contribution is 0.286. The molecule has 2 aliphatic heterocycles. The van der Waals surface area contributed by atoms with Crippen molar-refractivity contribution in [1.82, 2.24) is 10.2 Å². The molecule has 0 aliphatic carbocycles. The second-order valence-electron chi connectivity index (χ2n) is 5.76. The smallest absolute Gasteiger partial charge is 0.151 e. The van der Waals surface area contributed by atoms with Crippen LogP contribution in [0.5, 0.6) is 0 Å². The van der Waals surface area contributed by atoms with Crippen LogP contribution in [-0.2, 0) is 29.3 Å². The fourth-order valence-electron chi connectivity index (χ4n) is 3.15. The Morgan fingerprint density at radius 1 is 1.20 bits per heavy atom. The van der Waals surface area contributed by atoms with Gasteiger partial charge < -0.3 is 5.32 Å². The summed E-state index contributed by atoms with van der Waals surface area (Å²) in [4.78, 5) is 2.29. The van der Waals surface area contributed by atoms with Gasteiger partial charge in [0.1, 0.15) is 0 Å². The van der Waals surface area contributed by atoms with Gasteiger partial charge in [0, 0.05) is 19.6 Å². The van der Waals surface area contributed by atoms with Crippen molar-refractivity contribution in [2.45, 2.75) is 25.9 Å². The van der Waals surface area contributed by atoms with E-state index in [0.717, 1.165) is 39.0 Å². The monoisotopic (exact) mass is 294 g/mol. The topological polar surface area (TPSA) is 49.4 Å². The van der Waals surface area contributed by atoms with Crippen LogP contribution in [0.15, 0.2) is 18.2 Å². The maximum Gasteiger partial charge on any atom is 0.151 e. The van der Waals surface area contributed by atoms with E-state index < -0.39 is 9.84 Å². The Morgan fingerprint density at radius 3 is 3.00 bits per heavy atom. The molecule has 1 aromatic carbocycles. The molecule has 0 amide bonds. The first-order valence-electron chi connectivity index (χ1n) is 7.37. The summed E-state index contributed by atoms with van der Waals surface area (Å²) in [5.41, 5.74) is 4.25. The SMILES string of the molecule is O=S1(=O)CCCN(Cc2cccc3c2CCNC3)CC1. The molecule has 2 heterocycles. The number of hydrogen-bond donors (Lipinski definition) is 1. The van der Waals surface area contributed by atoms with Crippen molar-refractivity contribution in [3.05, 3.63) is 34.9 Å². The molecule has 3 rings (SSSR count). The molecule has 0 saturated carbocycles. The third-order valence-corrected chi connectivity index (χ3v) is 5.99. The number of nitrogens with one attached hydrogen (secondary N) is 1. The van der Waals surface area contributed by atoms with E-state index >= 15 is 0 Å². The lowest BCUT2D eigenvalue weighted by atomic mass is 9.95. The van der Waals surface area contributed by atoms with Crippen LogP contribution in [-0.4, -0.2) is 44.5 Å². The Morgan fingerprint density at radius 2 is 2.10 bits per heavy atom. The van der Waals surface area contributed by atoms with Gasteiger partial charge in [-0.2, -0.15) is 0 Å². The van der Waals surface area contributed by atoms with Crippen molar-refractivity contribution >= 4 is 9.84 Å². The quantitative estimate of drug-likeness (QED) is 0.882. The molecule has 1 aromatic rings. The van der Waals surface area contributed by atoms with Crippen molar-refractivity contribution in [3.63, 3.8) is 0 Å². The third kappa shape index (κ3) is 3.22. The highest BCUT2D eigenvalue weighted by atomic mass is 32.2. The first-order valence-corrected chi connectivity index (χ1v) is 9.19. The standard InChI is InChI=1S/C15H22N2O2S/c18-20(19)9-2-7-17(8-10-20)12-14-4-1-3-13-11-16-6-5-15(13)14/h1,3-4,16H,2,5-12H2. The Kier molecular flexibility index (Phi) is 4.10. The van der Waals surface area contributed by atoms with E-state index in [0.29, 0.717) is 18.1 Å². The van der Waals surface area contributed by atoms with E-state index in [1.165, 1.54) is 16.7 Å². The van der Waals surface area contributed by atoms with E-state index in [1.807, 2.05) is 0 Å². The highest BCUT2D eigenvalue weighted by Gasteiger charge is 2.20. The van der Waals surface area contributed by atoms with Gasteiger partial charge in [-0.25, -0.2) is 8.42 Å². The molecule has 0 unspecified atom stereocenters. The Bertz CT molecular complexity index is 584. The summed E-state index contributed by atoms with van der Waals surface area (Å²) < 4.78 is 23.3. The van der Waals surface area contributed by atoms with Crippen molar-refractivity contribution in [3.8, 4) is 0 Å². The summed E-state index contributed by atoms with van der Waals surface area (Å²) in [6.07, 6.45) is 1.84. The van der Waals surface area contributed by atoms with Gasteiger partial charge in [-0.05, 0) is 42.6 Å². The number of rotatable bonds is 2. The first kappa shape index (κ1) is 14.0. The van der Waals surface area contributed by atoms with Gasteiger partial charge in [0.2, 0.25) is 0 Å². The maximum atomic E-state index is 11.7. The van der Waals surface area contributed by atoms with Crippen LogP contribution < -0.4 is 5.32 Å². The number of hydrogen-bond acceptors (Lipinski definition) is 4. The van der Waals surface area contributed by atoms with Crippen LogP contribution in [0.1, 0.15) is 23.1 Å². The molecule has 1 saturated heterocycles. The zero-order valence-electron chi connectivity index (χ0n) is 11.8. The number of nitrogens with zero attached hydrogens (tertiary/aromatic N) is 1. The Labute approximate surface area is 121 Å². The van der Waals surface area contributed by atoms with Crippen molar-refractivity contribution in [1.29, 1.82) is 0 Å². The molecule has 110 valence electrons. The second kappa shape index (κ2) is 5.84. The molecule has 1 fully saturated rings. The van der Waals surface area contributed by atoms with Crippen molar-refractivity contribution < 1.29 is 8.42 Å². The van der Waals surface area contributed by atoms with Crippen LogP contribution >= 0.6 is 0 Å². The third-order valence-electron chi connectivity index (χ3n) is 4.28. The van der Waals surface area contributed by atoms with Crippen LogP contribution in [0.3, 0.4) is 0 Å². The van der Waals surface area contributed by atoms with E-state index in [1.54, 1.807) is 0 Å². The van der Waals surface area contributed by atoms with Gasteiger partial charge in [-0.15, -0.1) is 0 Å². The Balaban J connectivity index is 1.75. The minimum Gasteiger partial charge on any atom is -0.312 e. The molecule has 20 heavy (non-hydrogen) atoms. The van der Waals surface area contributed by atoms with Gasteiger partial charge in [0.15, 0.2) is 9.84 Å². The molecule has 0 aromatic heterocycles. The number of benzene rings is 1.